The van der Waals surface area contributed by atoms with Crippen molar-refractivity contribution in [2.45, 2.75) is 19.5 Å². The number of methoxy groups -OCH3 is 2. The van der Waals surface area contributed by atoms with Gasteiger partial charge in [0.05, 0.1) is 14.2 Å². The summed E-state index contributed by atoms with van der Waals surface area (Å²) in [6.07, 6.45) is 0. The summed E-state index contributed by atoms with van der Waals surface area (Å²) < 4.78 is 11.7. The van der Waals surface area contributed by atoms with E-state index in [0.29, 0.717) is 0 Å². The van der Waals surface area contributed by atoms with Crippen molar-refractivity contribution in [3.63, 3.8) is 0 Å². The SMILES string of the molecule is COc1ccc(CN[C@@H](C)c2ccccc2Br)cc1OC. The topological polar surface area (TPSA) is 30.5 Å². The highest BCUT2D eigenvalue weighted by Crippen LogP contribution is 2.28. The van der Waals surface area contributed by atoms with Gasteiger partial charge in [-0.05, 0) is 36.2 Å². The minimum absolute atomic E-state index is 0.258. The average molecular weight is 350 g/mol. The number of nitrogens with one attached hydrogen (secondary N) is 1. The lowest BCUT2D eigenvalue weighted by molar-refractivity contribution is 0.354. The number of benzene rings is 2. The first kappa shape index (κ1) is 15.9. The summed E-state index contributed by atoms with van der Waals surface area (Å²) in [5.41, 5.74) is 2.41. The Hall–Kier alpha value is -1.52. The van der Waals surface area contributed by atoms with Crippen molar-refractivity contribution in [2.75, 3.05) is 14.2 Å². The quantitative estimate of drug-likeness (QED) is 0.842. The molecule has 2 rings (SSSR count). The molecule has 21 heavy (non-hydrogen) atoms. The summed E-state index contributed by atoms with van der Waals surface area (Å²) in [6.45, 7) is 2.92. The fourth-order valence-corrected chi connectivity index (χ4v) is 2.83. The molecule has 0 fully saturated rings. The van der Waals surface area contributed by atoms with Crippen LogP contribution < -0.4 is 14.8 Å². The minimum Gasteiger partial charge on any atom is -0.493 e. The summed E-state index contributed by atoms with van der Waals surface area (Å²) >= 11 is 3.59. The third kappa shape index (κ3) is 3.99. The molecule has 0 saturated carbocycles. The van der Waals surface area contributed by atoms with Crippen LogP contribution >= 0.6 is 15.9 Å². The van der Waals surface area contributed by atoms with E-state index in [1.54, 1.807) is 14.2 Å². The van der Waals surface area contributed by atoms with Gasteiger partial charge in [-0.15, -0.1) is 0 Å². The zero-order valence-electron chi connectivity index (χ0n) is 12.5. The summed E-state index contributed by atoms with van der Waals surface area (Å²) in [7, 11) is 3.30. The lowest BCUT2D eigenvalue weighted by Crippen LogP contribution is -2.18. The van der Waals surface area contributed by atoms with E-state index >= 15 is 0 Å². The first-order valence-corrected chi connectivity index (χ1v) is 7.63. The smallest absolute Gasteiger partial charge is 0.161 e. The van der Waals surface area contributed by atoms with Crippen LogP contribution in [0.5, 0.6) is 11.5 Å². The molecule has 0 heterocycles. The average Bonchev–Trinajstić information content (AvgIpc) is 2.52. The van der Waals surface area contributed by atoms with Crippen LogP contribution in [0.4, 0.5) is 0 Å². The van der Waals surface area contributed by atoms with Crippen molar-refractivity contribution >= 4 is 15.9 Å². The third-order valence-corrected chi connectivity index (χ3v) is 4.15. The van der Waals surface area contributed by atoms with Crippen molar-refractivity contribution in [3.8, 4) is 11.5 Å². The molecule has 3 nitrogen and oxygen atoms in total. The molecule has 0 saturated heterocycles. The van der Waals surface area contributed by atoms with E-state index in [4.69, 9.17) is 9.47 Å². The van der Waals surface area contributed by atoms with Crippen LogP contribution in [0.15, 0.2) is 46.9 Å². The Kier molecular flexibility index (Phi) is 5.65. The summed E-state index contributed by atoms with van der Waals surface area (Å²) in [5.74, 6) is 1.51. The highest BCUT2D eigenvalue weighted by Gasteiger charge is 2.09. The molecule has 0 unspecified atom stereocenters. The fourth-order valence-electron chi connectivity index (χ4n) is 2.20. The molecule has 0 bridgehead atoms. The maximum Gasteiger partial charge on any atom is 0.161 e. The standard InChI is InChI=1S/C17H20BrNO2/c1-12(14-6-4-5-7-15(14)18)19-11-13-8-9-16(20-2)17(10-13)21-3/h4-10,12,19H,11H2,1-3H3/t12-/m0/s1. The highest BCUT2D eigenvalue weighted by molar-refractivity contribution is 9.10. The maximum absolute atomic E-state index is 5.33. The van der Waals surface area contributed by atoms with Crippen molar-refractivity contribution in [3.05, 3.63) is 58.1 Å². The van der Waals surface area contributed by atoms with E-state index in [-0.39, 0.29) is 6.04 Å². The van der Waals surface area contributed by atoms with E-state index in [9.17, 15) is 0 Å². The molecule has 0 radical (unpaired) electrons. The van der Waals surface area contributed by atoms with Crippen LogP contribution in [-0.2, 0) is 6.54 Å². The number of ether oxygens (including phenoxy) is 2. The molecule has 0 aromatic heterocycles. The van der Waals surface area contributed by atoms with Gasteiger partial charge in [-0.2, -0.15) is 0 Å². The van der Waals surface area contributed by atoms with Crippen LogP contribution in [0.3, 0.4) is 0 Å². The van der Waals surface area contributed by atoms with Crippen molar-refractivity contribution in [2.24, 2.45) is 0 Å². The van der Waals surface area contributed by atoms with E-state index in [1.807, 2.05) is 24.3 Å². The van der Waals surface area contributed by atoms with Crippen molar-refractivity contribution in [1.82, 2.24) is 5.32 Å². The Morgan fingerprint density at radius 3 is 2.43 bits per heavy atom. The van der Waals surface area contributed by atoms with Gasteiger partial charge in [0.25, 0.3) is 0 Å². The summed E-state index contributed by atoms with van der Waals surface area (Å²) in [4.78, 5) is 0. The van der Waals surface area contributed by atoms with Crippen LogP contribution in [0.1, 0.15) is 24.1 Å². The van der Waals surface area contributed by atoms with Gasteiger partial charge in [0.2, 0.25) is 0 Å². The second-order valence-corrected chi connectivity index (χ2v) is 5.67. The maximum atomic E-state index is 5.33. The van der Waals surface area contributed by atoms with Gasteiger partial charge in [-0.1, -0.05) is 40.2 Å². The molecule has 0 spiro atoms. The molecule has 1 N–H and O–H groups in total. The summed E-state index contributed by atoms with van der Waals surface area (Å²) in [5, 5.41) is 3.52. The van der Waals surface area contributed by atoms with Crippen LogP contribution in [-0.4, -0.2) is 14.2 Å². The Bertz CT molecular complexity index is 601. The van der Waals surface area contributed by atoms with Gasteiger partial charge in [0, 0.05) is 17.1 Å². The monoisotopic (exact) mass is 349 g/mol. The van der Waals surface area contributed by atoms with Crippen molar-refractivity contribution in [1.29, 1.82) is 0 Å². The van der Waals surface area contributed by atoms with E-state index < -0.39 is 0 Å². The molecule has 112 valence electrons. The van der Waals surface area contributed by atoms with E-state index in [2.05, 4.69) is 46.4 Å². The van der Waals surface area contributed by atoms with E-state index in [0.717, 1.165) is 28.1 Å². The van der Waals surface area contributed by atoms with Gasteiger partial charge < -0.3 is 14.8 Å². The minimum atomic E-state index is 0.258. The molecule has 0 aliphatic rings. The van der Waals surface area contributed by atoms with Crippen LogP contribution in [0, 0.1) is 0 Å². The zero-order chi connectivity index (χ0) is 15.2. The van der Waals surface area contributed by atoms with Crippen LogP contribution in [0.25, 0.3) is 0 Å². The Morgan fingerprint density at radius 2 is 1.76 bits per heavy atom. The molecule has 2 aromatic rings. The molecule has 1 atom stereocenters. The number of hydrogen-bond donors (Lipinski definition) is 1. The number of rotatable bonds is 6. The van der Waals surface area contributed by atoms with Gasteiger partial charge in [0.15, 0.2) is 11.5 Å². The Labute approximate surface area is 134 Å². The fraction of sp³-hybridized carbons (Fsp3) is 0.294. The van der Waals surface area contributed by atoms with Crippen LogP contribution in [0.2, 0.25) is 0 Å². The molecular formula is C17H20BrNO2. The molecular weight excluding hydrogens is 330 g/mol. The Balaban J connectivity index is 2.04. The summed E-state index contributed by atoms with van der Waals surface area (Å²) in [6, 6.07) is 14.5. The van der Waals surface area contributed by atoms with Gasteiger partial charge in [-0.25, -0.2) is 0 Å². The van der Waals surface area contributed by atoms with Gasteiger partial charge >= 0.3 is 0 Å². The number of halogens is 1. The molecule has 0 aliphatic heterocycles. The normalized spacial score (nSPS) is 12.0. The van der Waals surface area contributed by atoms with E-state index in [1.165, 1.54) is 5.56 Å². The zero-order valence-corrected chi connectivity index (χ0v) is 14.1. The van der Waals surface area contributed by atoms with Gasteiger partial charge in [-0.3, -0.25) is 0 Å². The predicted molar refractivity (Wildman–Crippen MR) is 88.9 cm³/mol. The highest BCUT2D eigenvalue weighted by atomic mass is 79.9. The second kappa shape index (κ2) is 7.48. The van der Waals surface area contributed by atoms with Crippen molar-refractivity contribution < 1.29 is 9.47 Å². The predicted octanol–water partition coefficient (Wildman–Crippen LogP) is 4.32. The molecule has 2 aromatic carbocycles. The lowest BCUT2D eigenvalue weighted by Gasteiger charge is -2.16. The molecule has 0 amide bonds. The lowest BCUT2D eigenvalue weighted by atomic mass is 10.1. The molecule has 4 heteroatoms. The van der Waals surface area contributed by atoms with Gasteiger partial charge in [0.1, 0.15) is 0 Å². The Morgan fingerprint density at radius 1 is 1.05 bits per heavy atom. The first-order valence-electron chi connectivity index (χ1n) is 6.84. The first-order chi connectivity index (χ1) is 10.2. The molecule has 0 aliphatic carbocycles. The number of hydrogen-bond acceptors (Lipinski definition) is 3. The largest absolute Gasteiger partial charge is 0.493 e. The second-order valence-electron chi connectivity index (χ2n) is 4.81. The third-order valence-electron chi connectivity index (χ3n) is 3.43.